The number of nitrogens with one attached hydrogen (secondary N) is 2. The summed E-state index contributed by atoms with van der Waals surface area (Å²) < 4.78 is 1.69. The fourth-order valence-corrected chi connectivity index (χ4v) is 3.92. The number of thiocarbonyl (C=S) groups is 1. The van der Waals surface area contributed by atoms with E-state index in [1.807, 2.05) is 31.2 Å². The van der Waals surface area contributed by atoms with Gasteiger partial charge in [-0.15, -0.1) is 10.2 Å². The first-order chi connectivity index (χ1) is 13.5. The molecule has 0 aliphatic rings. The topological polar surface area (TPSA) is 84.2 Å². The number of aryl methyl sites for hydroxylation is 1. The van der Waals surface area contributed by atoms with Crippen molar-refractivity contribution in [3.8, 4) is 10.6 Å². The molecule has 140 valence electrons. The summed E-state index contributed by atoms with van der Waals surface area (Å²) in [4.78, 5) is 13.1. The molecule has 1 amide bonds. The molecule has 2 aromatic carbocycles. The van der Waals surface area contributed by atoms with Crippen LogP contribution < -0.4 is 10.6 Å². The summed E-state index contributed by atoms with van der Waals surface area (Å²) in [5.74, 6) is 0.334. The molecule has 0 spiro atoms. The molecule has 2 aromatic heterocycles. The van der Waals surface area contributed by atoms with Crippen LogP contribution in [0.25, 0.3) is 15.5 Å². The number of hydrogen-bond acceptors (Lipinski definition) is 6. The van der Waals surface area contributed by atoms with Crippen LogP contribution in [0.2, 0.25) is 5.02 Å². The number of anilines is 1. The van der Waals surface area contributed by atoms with Crippen LogP contribution in [0.1, 0.15) is 16.2 Å². The summed E-state index contributed by atoms with van der Waals surface area (Å²) in [5.41, 5.74) is 1.91. The zero-order valence-corrected chi connectivity index (χ0v) is 16.9. The van der Waals surface area contributed by atoms with Crippen LogP contribution in [0.15, 0.2) is 48.5 Å². The van der Waals surface area contributed by atoms with E-state index in [9.17, 15) is 4.79 Å². The number of hydrogen-bond donors (Lipinski definition) is 2. The number of para-hydroxylation sites is 1. The maximum absolute atomic E-state index is 12.4. The smallest absolute Gasteiger partial charge is 0.258 e. The van der Waals surface area contributed by atoms with E-state index in [2.05, 4.69) is 25.9 Å². The Kier molecular flexibility index (Phi) is 5.03. The molecule has 0 aliphatic carbocycles. The second-order valence-corrected chi connectivity index (χ2v) is 7.55. The Bertz CT molecular complexity index is 1200. The molecule has 4 aromatic rings. The van der Waals surface area contributed by atoms with Gasteiger partial charge in [0.15, 0.2) is 10.9 Å². The van der Waals surface area contributed by atoms with Crippen molar-refractivity contribution in [3.05, 3.63) is 64.9 Å². The highest BCUT2D eigenvalue weighted by molar-refractivity contribution is 7.80. The van der Waals surface area contributed by atoms with E-state index in [1.54, 1.807) is 28.8 Å². The van der Waals surface area contributed by atoms with Crippen LogP contribution in [0.4, 0.5) is 5.69 Å². The molecule has 0 aliphatic heterocycles. The number of nitrogens with zero attached hydrogens (tertiary/aromatic N) is 4. The number of carbonyl (C=O) groups excluding carboxylic acids is 1. The Hall–Kier alpha value is -2.88. The second kappa shape index (κ2) is 7.63. The molecular weight excluding hydrogens is 416 g/mol. The van der Waals surface area contributed by atoms with Gasteiger partial charge in [0.2, 0.25) is 4.96 Å². The molecule has 0 unspecified atom stereocenters. The molecule has 0 atom stereocenters. The number of fused-ring (bicyclic) bond motifs is 1. The Morgan fingerprint density at radius 3 is 2.68 bits per heavy atom. The average molecular weight is 429 g/mol. The molecular formula is C18H13ClN6OS2. The Balaban J connectivity index is 1.56. The summed E-state index contributed by atoms with van der Waals surface area (Å²) in [6, 6.07) is 14.3. The maximum Gasteiger partial charge on any atom is 0.258 e. The average Bonchev–Trinajstić information content (AvgIpc) is 3.24. The van der Waals surface area contributed by atoms with Crippen molar-refractivity contribution in [1.29, 1.82) is 0 Å². The van der Waals surface area contributed by atoms with Gasteiger partial charge in [-0.3, -0.25) is 10.1 Å². The van der Waals surface area contributed by atoms with Gasteiger partial charge >= 0.3 is 0 Å². The molecule has 7 nitrogen and oxygen atoms in total. The first-order valence-corrected chi connectivity index (χ1v) is 9.78. The first-order valence-electron chi connectivity index (χ1n) is 8.18. The monoisotopic (exact) mass is 428 g/mol. The standard InChI is InChI=1S/C18H13ClN6OS2/c1-10-22-23-18-25(10)24-16(28-18)12-7-3-5-9-14(12)20-17(27)21-15(26)11-6-2-4-8-13(11)19/h2-9H,1H3,(H2,20,21,26,27). The first kappa shape index (κ1) is 18.5. The number of halogens is 1. The normalized spacial score (nSPS) is 10.8. The third-order valence-corrected chi connectivity index (χ3v) is 5.36. The summed E-state index contributed by atoms with van der Waals surface area (Å²) in [6.45, 7) is 1.84. The zero-order valence-electron chi connectivity index (χ0n) is 14.5. The van der Waals surface area contributed by atoms with E-state index in [4.69, 9.17) is 23.8 Å². The van der Waals surface area contributed by atoms with Crippen molar-refractivity contribution >= 4 is 56.8 Å². The van der Waals surface area contributed by atoms with Crippen LogP contribution in [0, 0.1) is 6.92 Å². The van der Waals surface area contributed by atoms with E-state index in [0.717, 1.165) is 16.3 Å². The van der Waals surface area contributed by atoms with Crippen molar-refractivity contribution < 1.29 is 4.79 Å². The summed E-state index contributed by atoms with van der Waals surface area (Å²) in [6.07, 6.45) is 0. The number of benzene rings is 2. The number of carbonyl (C=O) groups is 1. The molecule has 2 heterocycles. The van der Waals surface area contributed by atoms with Crippen LogP contribution in [0.3, 0.4) is 0 Å². The Morgan fingerprint density at radius 2 is 1.89 bits per heavy atom. The van der Waals surface area contributed by atoms with Crippen LogP contribution >= 0.6 is 35.2 Å². The van der Waals surface area contributed by atoms with Crippen molar-refractivity contribution in [2.75, 3.05) is 5.32 Å². The predicted octanol–water partition coefficient (Wildman–Crippen LogP) is 3.94. The zero-order chi connectivity index (χ0) is 19.7. The third kappa shape index (κ3) is 3.59. The van der Waals surface area contributed by atoms with E-state index >= 15 is 0 Å². The number of aromatic nitrogens is 4. The van der Waals surface area contributed by atoms with Gasteiger partial charge in [-0.05, 0) is 43.4 Å². The molecule has 0 radical (unpaired) electrons. The Morgan fingerprint density at radius 1 is 1.14 bits per heavy atom. The van der Waals surface area contributed by atoms with E-state index < -0.39 is 0 Å². The van der Waals surface area contributed by atoms with Gasteiger partial charge in [-0.2, -0.15) is 9.61 Å². The highest BCUT2D eigenvalue weighted by Gasteiger charge is 2.15. The van der Waals surface area contributed by atoms with Crippen molar-refractivity contribution in [3.63, 3.8) is 0 Å². The largest absolute Gasteiger partial charge is 0.332 e. The minimum absolute atomic E-state index is 0.163. The lowest BCUT2D eigenvalue weighted by Crippen LogP contribution is -2.34. The summed E-state index contributed by atoms with van der Waals surface area (Å²) >= 11 is 12.8. The summed E-state index contributed by atoms with van der Waals surface area (Å²) in [5, 5.41) is 19.6. The van der Waals surface area contributed by atoms with Gasteiger partial charge in [-0.25, -0.2) is 0 Å². The van der Waals surface area contributed by atoms with Gasteiger partial charge < -0.3 is 5.32 Å². The SMILES string of the molecule is Cc1nnc2sc(-c3ccccc3NC(=S)NC(=O)c3ccccc3Cl)nn12. The number of amides is 1. The molecule has 0 saturated carbocycles. The van der Waals surface area contributed by atoms with Crippen LogP contribution in [0.5, 0.6) is 0 Å². The molecule has 10 heteroatoms. The minimum atomic E-state index is -0.380. The van der Waals surface area contributed by atoms with Crippen molar-refractivity contribution in [2.45, 2.75) is 6.92 Å². The fraction of sp³-hybridized carbons (Fsp3) is 0.0556. The van der Waals surface area contributed by atoms with Gasteiger partial charge in [-0.1, -0.05) is 47.2 Å². The highest BCUT2D eigenvalue weighted by Crippen LogP contribution is 2.31. The maximum atomic E-state index is 12.4. The molecule has 0 bridgehead atoms. The Labute approximate surface area is 174 Å². The van der Waals surface area contributed by atoms with E-state index in [1.165, 1.54) is 11.3 Å². The van der Waals surface area contributed by atoms with Gasteiger partial charge in [0, 0.05) is 5.56 Å². The molecule has 0 fully saturated rings. The molecule has 2 N–H and O–H groups in total. The van der Waals surface area contributed by atoms with E-state index in [0.29, 0.717) is 21.4 Å². The number of rotatable bonds is 3. The highest BCUT2D eigenvalue weighted by atomic mass is 35.5. The third-order valence-electron chi connectivity index (χ3n) is 3.90. The lowest BCUT2D eigenvalue weighted by atomic mass is 10.2. The fourth-order valence-electron chi connectivity index (χ4n) is 2.57. The molecule has 4 rings (SSSR count). The summed E-state index contributed by atoms with van der Waals surface area (Å²) in [7, 11) is 0. The quantitative estimate of drug-likeness (QED) is 0.481. The van der Waals surface area contributed by atoms with Gasteiger partial charge in [0.1, 0.15) is 5.01 Å². The lowest BCUT2D eigenvalue weighted by molar-refractivity contribution is 0.0978. The predicted molar refractivity (Wildman–Crippen MR) is 114 cm³/mol. The van der Waals surface area contributed by atoms with Gasteiger partial charge in [0.05, 0.1) is 16.3 Å². The van der Waals surface area contributed by atoms with Crippen molar-refractivity contribution in [1.82, 2.24) is 25.1 Å². The van der Waals surface area contributed by atoms with Crippen molar-refractivity contribution in [2.24, 2.45) is 0 Å². The molecule has 0 saturated heterocycles. The lowest BCUT2D eigenvalue weighted by Gasteiger charge is -2.12. The van der Waals surface area contributed by atoms with Crippen LogP contribution in [-0.4, -0.2) is 30.8 Å². The molecule has 28 heavy (non-hydrogen) atoms. The van der Waals surface area contributed by atoms with Crippen LogP contribution in [-0.2, 0) is 0 Å². The van der Waals surface area contributed by atoms with Gasteiger partial charge in [0.25, 0.3) is 5.91 Å². The minimum Gasteiger partial charge on any atom is -0.332 e. The van der Waals surface area contributed by atoms with E-state index in [-0.39, 0.29) is 11.0 Å². The second-order valence-electron chi connectivity index (χ2n) is 5.78.